The Hall–Kier alpha value is -2.00. The van der Waals surface area contributed by atoms with Gasteiger partial charge in [0.05, 0.1) is 14.2 Å². The van der Waals surface area contributed by atoms with E-state index in [2.05, 4.69) is 29.6 Å². The summed E-state index contributed by atoms with van der Waals surface area (Å²) in [5.41, 5.74) is 2.51. The Morgan fingerprint density at radius 3 is 2.10 bits per heavy atom. The second-order valence-electron chi connectivity index (χ2n) is 4.63. The fourth-order valence-corrected chi connectivity index (χ4v) is 2.08. The van der Waals surface area contributed by atoms with E-state index in [1.165, 1.54) is 5.56 Å². The number of nitrogens with one attached hydrogen (secondary N) is 1. The predicted molar refractivity (Wildman–Crippen MR) is 81.4 cm³/mol. The van der Waals surface area contributed by atoms with E-state index in [0.29, 0.717) is 0 Å². The largest absolute Gasteiger partial charge is 0.497 e. The Kier molecular flexibility index (Phi) is 5.44. The van der Waals surface area contributed by atoms with E-state index in [-0.39, 0.29) is 0 Å². The second kappa shape index (κ2) is 7.56. The van der Waals surface area contributed by atoms with E-state index in [0.717, 1.165) is 36.6 Å². The van der Waals surface area contributed by atoms with Crippen LogP contribution in [0.25, 0.3) is 0 Å². The number of methoxy groups -OCH3 is 2. The van der Waals surface area contributed by atoms with Crippen LogP contribution in [0, 0.1) is 0 Å². The van der Waals surface area contributed by atoms with Crippen molar-refractivity contribution in [3.8, 4) is 11.5 Å². The summed E-state index contributed by atoms with van der Waals surface area (Å²) in [6, 6.07) is 16.4. The first-order chi connectivity index (χ1) is 9.81. The topological polar surface area (TPSA) is 30.5 Å². The summed E-state index contributed by atoms with van der Waals surface area (Å²) in [5, 5.41) is 3.44. The predicted octanol–water partition coefficient (Wildman–Crippen LogP) is 3.04. The summed E-state index contributed by atoms with van der Waals surface area (Å²) in [7, 11) is 3.34. The molecule has 0 unspecified atom stereocenters. The molecule has 0 aliphatic rings. The fourth-order valence-electron chi connectivity index (χ4n) is 2.08. The van der Waals surface area contributed by atoms with Crippen LogP contribution >= 0.6 is 0 Å². The molecule has 0 spiro atoms. The van der Waals surface area contributed by atoms with Crippen LogP contribution in [0.4, 0.5) is 0 Å². The molecule has 0 radical (unpaired) electrons. The summed E-state index contributed by atoms with van der Waals surface area (Å²) in [5.74, 6) is 1.65. The van der Waals surface area contributed by atoms with Gasteiger partial charge in [-0.25, -0.2) is 0 Å². The normalized spacial score (nSPS) is 10.3. The van der Waals surface area contributed by atoms with Gasteiger partial charge in [-0.05, 0) is 36.2 Å². The zero-order valence-electron chi connectivity index (χ0n) is 12.1. The molecule has 0 heterocycles. The Morgan fingerprint density at radius 2 is 1.50 bits per heavy atom. The van der Waals surface area contributed by atoms with Gasteiger partial charge in [0.1, 0.15) is 11.5 Å². The number of ether oxygens (including phenoxy) is 2. The highest BCUT2D eigenvalue weighted by Crippen LogP contribution is 2.22. The molecule has 0 saturated carbocycles. The van der Waals surface area contributed by atoms with Crippen LogP contribution in [0.2, 0.25) is 0 Å². The SMILES string of the molecule is COc1cc(CNCCc2ccccc2)cc(OC)c1. The first-order valence-corrected chi connectivity index (χ1v) is 6.78. The standard InChI is InChI=1S/C17H21NO2/c1-19-16-10-15(11-17(12-16)20-2)13-18-9-8-14-6-4-3-5-7-14/h3-7,10-12,18H,8-9,13H2,1-2H3. The van der Waals surface area contributed by atoms with Crippen LogP contribution in [0.1, 0.15) is 11.1 Å². The quantitative estimate of drug-likeness (QED) is 0.785. The van der Waals surface area contributed by atoms with Gasteiger partial charge >= 0.3 is 0 Å². The molecule has 0 fully saturated rings. The van der Waals surface area contributed by atoms with E-state index in [9.17, 15) is 0 Å². The Morgan fingerprint density at radius 1 is 0.850 bits per heavy atom. The molecule has 3 heteroatoms. The van der Waals surface area contributed by atoms with Crippen molar-refractivity contribution in [2.45, 2.75) is 13.0 Å². The van der Waals surface area contributed by atoms with Crippen LogP contribution in [-0.4, -0.2) is 20.8 Å². The lowest BCUT2D eigenvalue weighted by Crippen LogP contribution is -2.16. The smallest absolute Gasteiger partial charge is 0.122 e. The molecule has 20 heavy (non-hydrogen) atoms. The van der Waals surface area contributed by atoms with Gasteiger partial charge in [0.25, 0.3) is 0 Å². The van der Waals surface area contributed by atoms with Crippen LogP contribution in [0.15, 0.2) is 48.5 Å². The molecule has 0 aliphatic carbocycles. The zero-order valence-corrected chi connectivity index (χ0v) is 12.1. The van der Waals surface area contributed by atoms with Crippen LogP contribution < -0.4 is 14.8 Å². The minimum Gasteiger partial charge on any atom is -0.497 e. The average Bonchev–Trinajstić information content (AvgIpc) is 2.52. The number of rotatable bonds is 7. The van der Waals surface area contributed by atoms with E-state index in [1.54, 1.807) is 14.2 Å². The Bertz CT molecular complexity index is 504. The molecule has 0 aromatic heterocycles. The lowest BCUT2D eigenvalue weighted by Gasteiger charge is -2.09. The van der Waals surface area contributed by atoms with Gasteiger partial charge in [0.15, 0.2) is 0 Å². The molecule has 0 aliphatic heterocycles. The molecule has 0 saturated heterocycles. The maximum absolute atomic E-state index is 5.27. The Labute approximate surface area is 120 Å². The minimum atomic E-state index is 0.806. The van der Waals surface area contributed by atoms with Crippen molar-refractivity contribution in [1.82, 2.24) is 5.32 Å². The van der Waals surface area contributed by atoms with Gasteiger partial charge in [-0.3, -0.25) is 0 Å². The number of hydrogen-bond acceptors (Lipinski definition) is 3. The van der Waals surface area contributed by atoms with Crippen molar-refractivity contribution in [3.63, 3.8) is 0 Å². The molecule has 0 amide bonds. The maximum Gasteiger partial charge on any atom is 0.122 e. The van der Waals surface area contributed by atoms with Crippen molar-refractivity contribution in [2.75, 3.05) is 20.8 Å². The summed E-state index contributed by atoms with van der Waals surface area (Å²) in [6.45, 7) is 1.75. The van der Waals surface area contributed by atoms with E-state index < -0.39 is 0 Å². The highest BCUT2D eigenvalue weighted by molar-refractivity contribution is 5.38. The molecule has 106 valence electrons. The van der Waals surface area contributed by atoms with Crippen molar-refractivity contribution in [1.29, 1.82) is 0 Å². The summed E-state index contributed by atoms with van der Waals surface area (Å²) in [6.07, 6.45) is 1.03. The summed E-state index contributed by atoms with van der Waals surface area (Å²) < 4.78 is 10.5. The lowest BCUT2D eigenvalue weighted by molar-refractivity contribution is 0.393. The summed E-state index contributed by atoms with van der Waals surface area (Å²) >= 11 is 0. The van der Waals surface area contributed by atoms with Crippen molar-refractivity contribution in [3.05, 3.63) is 59.7 Å². The third-order valence-electron chi connectivity index (χ3n) is 3.17. The van der Waals surface area contributed by atoms with Crippen LogP contribution in [0.5, 0.6) is 11.5 Å². The van der Waals surface area contributed by atoms with Gasteiger partial charge in [-0.15, -0.1) is 0 Å². The first kappa shape index (κ1) is 14.4. The van der Waals surface area contributed by atoms with Gasteiger partial charge in [0.2, 0.25) is 0 Å². The monoisotopic (exact) mass is 271 g/mol. The van der Waals surface area contributed by atoms with Crippen molar-refractivity contribution < 1.29 is 9.47 Å². The van der Waals surface area contributed by atoms with Crippen molar-refractivity contribution >= 4 is 0 Å². The average molecular weight is 271 g/mol. The third-order valence-corrected chi connectivity index (χ3v) is 3.17. The van der Waals surface area contributed by atoms with Gasteiger partial charge in [0, 0.05) is 12.6 Å². The van der Waals surface area contributed by atoms with E-state index >= 15 is 0 Å². The molecule has 1 N–H and O–H groups in total. The molecular weight excluding hydrogens is 250 g/mol. The van der Waals surface area contributed by atoms with E-state index in [4.69, 9.17) is 9.47 Å². The molecule has 2 aromatic carbocycles. The molecule has 0 atom stereocenters. The summed E-state index contributed by atoms with van der Waals surface area (Å²) in [4.78, 5) is 0. The van der Waals surface area contributed by atoms with Crippen LogP contribution in [-0.2, 0) is 13.0 Å². The molecule has 2 rings (SSSR count). The lowest BCUT2D eigenvalue weighted by atomic mass is 10.1. The van der Waals surface area contributed by atoms with E-state index in [1.807, 2.05) is 24.3 Å². The molecular formula is C17H21NO2. The van der Waals surface area contributed by atoms with Gasteiger partial charge < -0.3 is 14.8 Å². The maximum atomic E-state index is 5.27. The zero-order chi connectivity index (χ0) is 14.2. The third kappa shape index (κ3) is 4.28. The number of hydrogen-bond donors (Lipinski definition) is 1. The second-order valence-corrected chi connectivity index (χ2v) is 4.63. The van der Waals surface area contributed by atoms with Gasteiger partial charge in [-0.1, -0.05) is 30.3 Å². The highest BCUT2D eigenvalue weighted by atomic mass is 16.5. The molecule has 0 bridgehead atoms. The van der Waals surface area contributed by atoms with Gasteiger partial charge in [-0.2, -0.15) is 0 Å². The Balaban J connectivity index is 1.84. The van der Waals surface area contributed by atoms with Crippen molar-refractivity contribution in [2.24, 2.45) is 0 Å². The van der Waals surface area contributed by atoms with Crippen LogP contribution in [0.3, 0.4) is 0 Å². The minimum absolute atomic E-state index is 0.806. The first-order valence-electron chi connectivity index (χ1n) is 6.78. The highest BCUT2D eigenvalue weighted by Gasteiger charge is 2.01. The molecule has 3 nitrogen and oxygen atoms in total. The fraction of sp³-hybridized carbons (Fsp3) is 0.294. The number of benzene rings is 2. The molecule has 2 aromatic rings.